The van der Waals surface area contributed by atoms with Crippen LogP contribution in [-0.4, -0.2) is 28.6 Å². The van der Waals surface area contributed by atoms with E-state index < -0.39 is 0 Å². The lowest BCUT2D eigenvalue weighted by molar-refractivity contribution is -0.124. The van der Waals surface area contributed by atoms with Gasteiger partial charge in [0.05, 0.1) is 16.3 Å². The van der Waals surface area contributed by atoms with Gasteiger partial charge in [-0.15, -0.1) is 0 Å². The SMILES string of the molecule is Cc1nc(NC(=O)[C@@H]2CCCO2)sc1-c1ccccn1. The number of carbonyl (C=O) groups excluding carboxylic acids is 1. The molecule has 0 radical (unpaired) electrons. The number of pyridine rings is 1. The Balaban J connectivity index is 1.77. The average Bonchev–Trinajstić information content (AvgIpc) is 3.09. The number of nitrogens with one attached hydrogen (secondary N) is 1. The molecule has 3 heterocycles. The third-order valence-electron chi connectivity index (χ3n) is 3.15. The fourth-order valence-electron chi connectivity index (χ4n) is 2.15. The van der Waals surface area contributed by atoms with Crippen LogP contribution in [0, 0.1) is 6.92 Å². The van der Waals surface area contributed by atoms with E-state index in [0.717, 1.165) is 29.1 Å². The van der Waals surface area contributed by atoms with Gasteiger partial charge in [-0.1, -0.05) is 17.4 Å². The number of anilines is 1. The van der Waals surface area contributed by atoms with Crippen molar-refractivity contribution < 1.29 is 9.53 Å². The summed E-state index contributed by atoms with van der Waals surface area (Å²) in [7, 11) is 0. The molecule has 1 aliphatic rings. The molecule has 0 aliphatic carbocycles. The van der Waals surface area contributed by atoms with E-state index in [9.17, 15) is 4.79 Å². The summed E-state index contributed by atoms with van der Waals surface area (Å²) in [6.45, 7) is 2.58. The molecule has 20 heavy (non-hydrogen) atoms. The number of amides is 1. The highest BCUT2D eigenvalue weighted by Crippen LogP contribution is 2.31. The highest BCUT2D eigenvalue weighted by Gasteiger charge is 2.24. The highest BCUT2D eigenvalue weighted by molar-refractivity contribution is 7.19. The Kier molecular flexibility index (Phi) is 3.75. The van der Waals surface area contributed by atoms with Crippen LogP contribution < -0.4 is 5.32 Å². The summed E-state index contributed by atoms with van der Waals surface area (Å²) in [4.78, 5) is 21.7. The molecule has 0 aromatic carbocycles. The standard InChI is InChI=1S/C14H15N3O2S/c1-9-12(10-5-2-3-7-15-10)20-14(16-9)17-13(18)11-6-4-8-19-11/h2-3,5,7,11H,4,6,8H2,1H3,(H,16,17,18)/t11-/m0/s1. The molecule has 6 heteroatoms. The van der Waals surface area contributed by atoms with E-state index in [1.807, 2.05) is 25.1 Å². The molecular weight excluding hydrogens is 274 g/mol. The lowest BCUT2D eigenvalue weighted by atomic mass is 10.2. The van der Waals surface area contributed by atoms with E-state index in [2.05, 4.69) is 15.3 Å². The van der Waals surface area contributed by atoms with Gasteiger partial charge in [-0.25, -0.2) is 4.98 Å². The Morgan fingerprint density at radius 1 is 1.50 bits per heavy atom. The highest BCUT2D eigenvalue weighted by atomic mass is 32.1. The third-order valence-corrected chi connectivity index (χ3v) is 4.24. The first-order chi connectivity index (χ1) is 9.74. The van der Waals surface area contributed by atoms with Gasteiger partial charge in [-0.2, -0.15) is 0 Å². The minimum atomic E-state index is -0.336. The molecule has 2 aromatic rings. The second kappa shape index (κ2) is 5.68. The number of hydrogen-bond acceptors (Lipinski definition) is 5. The number of thiazole rings is 1. The monoisotopic (exact) mass is 289 g/mol. The van der Waals surface area contributed by atoms with Gasteiger partial charge >= 0.3 is 0 Å². The second-order valence-corrected chi connectivity index (χ2v) is 5.64. The van der Waals surface area contributed by atoms with Crippen LogP contribution >= 0.6 is 11.3 Å². The van der Waals surface area contributed by atoms with Crippen LogP contribution in [0.4, 0.5) is 5.13 Å². The van der Waals surface area contributed by atoms with Crippen molar-refractivity contribution in [3.8, 4) is 10.6 Å². The summed E-state index contributed by atoms with van der Waals surface area (Å²) in [5.41, 5.74) is 1.75. The zero-order valence-corrected chi connectivity index (χ0v) is 11.9. The molecule has 1 aliphatic heterocycles. The lowest BCUT2D eigenvalue weighted by Crippen LogP contribution is -2.26. The average molecular weight is 289 g/mol. The number of aryl methyl sites for hydroxylation is 1. The van der Waals surface area contributed by atoms with Crippen LogP contribution in [0.5, 0.6) is 0 Å². The van der Waals surface area contributed by atoms with Gasteiger partial charge in [0.1, 0.15) is 6.10 Å². The third kappa shape index (κ3) is 2.71. The molecule has 0 saturated carbocycles. The number of rotatable bonds is 3. The Morgan fingerprint density at radius 2 is 2.40 bits per heavy atom. The van der Waals surface area contributed by atoms with Gasteiger partial charge in [0.15, 0.2) is 5.13 Å². The zero-order chi connectivity index (χ0) is 13.9. The smallest absolute Gasteiger partial charge is 0.255 e. The Labute approximate surface area is 121 Å². The molecule has 0 unspecified atom stereocenters. The Hall–Kier alpha value is -1.79. The van der Waals surface area contributed by atoms with Gasteiger partial charge in [-0.05, 0) is 31.9 Å². The Bertz CT molecular complexity index is 606. The van der Waals surface area contributed by atoms with Crippen molar-refractivity contribution in [2.24, 2.45) is 0 Å². The predicted molar refractivity (Wildman–Crippen MR) is 77.7 cm³/mol. The van der Waals surface area contributed by atoms with Crippen LogP contribution in [-0.2, 0) is 9.53 Å². The first-order valence-corrected chi connectivity index (χ1v) is 7.37. The van der Waals surface area contributed by atoms with Crippen LogP contribution in [0.15, 0.2) is 24.4 Å². The fourth-order valence-corrected chi connectivity index (χ4v) is 3.10. The van der Waals surface area contributed by atoms with Crippen LogP contribution in [0.25, 0.3) is 10.6 Å². The van der Waals surface area contributed by atoms with E-state index in [-0.39, 0.29) is 12.0 Å². The molecule has 3 rings (SSSR count). The van der Waals surface area contributed by atoms with E-state index >= 15 is 0 Å². The molecule has 1 saturated heterocycles. The van der Waals surface area contributed by atoms with Crippen molar-refractivity contribution in [3.05, 3.63) is 30.1 Å². The summed E-state index contributed by atoms with van der Waals surface area (Å²) in [5.74, 6) is -0.108. The van der Waals surface area contributed by atoms with Gasteiger partial charge in [0.25, 0.3) is 5.91 Å². The van der Waals surface area contributed by atoms with Crippen molar-refractivity contribution in [1.29, 1.82) is 0 Å². The van der Waals surface area contributed by atoms with Gasteiger partial charge in [0.2, 0.25) is 0 Å². The maximum absolute atomic E-state index is 12.0. The number of ether oxygens (including phenoxy) is 1. The number of aromatic nitrogens is 2. The van der Waals surface area contributed by atoms with Crippen molar-refractivity contribution in [2.75, 3.05) is 11.9 Å². The lowest BCUT2D eigenvalue weighted by Gasteiger charge is -2.07. The number of nitrogens with zero attached hydrogens (tertiary/aromatic N) is 2. The predicted octanol–water partition coefficient (Wildman–Crippen LogP) is 2.63. The molecular formula is C14H15N3O2S. The molecule has 0 bridgehead atoms. The van der Waals surface area contributed by atoms with Gasteiger partial charge < -0.3 is 4.74 Å². The molecule has 1 amide bonds. The second-order valence-electron chi connectivity index (χ2n) is 4.64. The quantitative estimate of drug-likeness (QED) is 0.943. The summed E-state index contributed by atoms with van der Waals surface area (Å²) in [6.07, 6.45) is 3.13. The van der Waals surface area contributed by atoms with Gasteiger partial charge in [0, 0.05) is 12.8 Å². The van der Waals surface area contributed by atoms with E-state index in [0.29, 0.717) is 11.7 Å². The summed E-state index contributed by atoms with van der Waals surface area (Å²) in [6, 6.07) is 5.75. The van der Waals surface area contributed by atoms with E-state index in [1.54, 1.807) is 6.20 Å². The van der Waals surface area contributed by atoms with E-state index in [1.165, 1.54) is 11.3 Å². The summed E-state index contributed by atoms with van der Waals surface area (Å²) < 4.78 is 5.36. The van der Waals surface area contributed by atoms with E-state index in [4.69, 9.17) is 4.74 Å². The first kappa shape index (κ1) is 13.2. The molecule has 1 N–H and O–H groups in total. The minimum absolute atomic E-state index is 0.108. The normalized spacial score (nSPS) is 18.1. The van der Waals surface area contributed by atoms with Crippen LogP contribution in [0.3, 0.4) is 0 Å². The maximum atomic E-state index is 12.0. The number of hydrogen-bond donors (Lipinski definition) is 1. The van der Waals surface area contributed by atoms with Crippen molar-refractivity contribution in [2.45, 2.75) is 25.9 Å². The molecule has 0 spiro atoms. The number of carbonyl (C=O) groups is 1. The molecule has 5 nitrogen and oxygen atoms in total. The van der Waals surface area contributed by atoms with Crippen molar-refractivity contribution >= 4 is 22.4 Å². The molecule has 1 fully saturated rings. The first-order valence-electron chi connectivity index (χ1n) is 6.55. The van der Waals surface area contributed by atoms with Crippen LogP contribution in [0.1, 0.15) is 18.5 Å². The molecule has 2 aromatic heterocycles. The molecule has 104 valence electrons. The molecule has 1 atom stereocenters. The summed E-state index contributed by atoms with van der Waals surface area (Å²) in [5, 5.41) is 3.43. The summed E-state index contributed by atoms with van der Waals surface area (Å²) >= 11 is 1.44. The fraction of sp³-hybridized carbons (Fsp3) is 0.357. The minimum Gasteiger partial charge on any atom is -0.368 e. The maximum Gasteiger partial charge on any atom is 0.255 e. The van der Waals surface area contributed by atoms with Crippen LogP contribution in [0.2, 0.25) is 0 Å². The van der Waals surface area contributed by atoms with Gasteiger partial charge in [-0.3, -0.25) is 15.1 Å². The topological polar surface area (TPSA) is 64.1 Å². The largest absolute Gasteiger partial charge is 0.368 e. The Morgan fingerprint density at radius 3 is 3.10 bits per heavy atom. The van der Waals surface area contributed by atoms with Crippen molar-refractivity contribution in [1.82, 2.24) is 9.97 Å². The zero-order valence-electron chi connectivity index (χ0n) is 11.1. The van der Waals surface area contributed by atoms with Crippen molar-refractivity contribution in [3.63, 3.8) is 0 Å².